The van der Waals surface area contributed by atoms with Gasteiger partial charge in [-0.2, -0.15) is 9.78 Å². The number of aromatic nitrogens is 2. The summed E-state index contributed by atoms with van der Waals surface area (Å²) in [6.45, 7) is 0.292. The molecule has 10 heteroatoms. The Morgan fingerprint density at radius 3 is 2.42 bits per heavy atom. The van der Waals surface area contributed by atoms with Crippen LogP contribution in [0.2, 0.25) is 0 Å². The van der Waals surface area contributed by atoms with Crippen molar-refractivity contribution in [3.63, 3.8) is 0 Å². The molecule has 3 aromatic carbocycles. The highest BCUT2D eigenvalue weighted by Crippen LogP contribution is 2.32. The number of benzene rings is 3. The van der Waals surface area contributed by atoms with Crippen molar-refractivity contribution in [3.8, 4) is 5.75 Å². The Balaban J connectivity index is 1.41. The second-order valence-electron chi connectivity index (χ2n) is 9.21. The number of hydrogen-bond acceptors (Lipinski definition) is 6. The number of hydrogen-bond donors (Lipinski definition) is 0. The van der Waals surface area contributed by atoms with E-state index in [0.29, 0.717) is 17.5 Å². The summed E-state index contributed by atoms with van der Waals surface area (Å²) in [7, 11) is 0. The van der Waals surface area contributed by atoms with Crippen molar-refractivity contribution >= 4 is 68.0 Å². The quantitative estimate of drug-likeness (QED) is 0.0880. The second-order valence-corrected chi connectivity index (χ2v) is 11.5. The van der Waals surface area contributed by atoms with E-state index in [-0.39, 0.29) is 17.2 Å². The number of rotatable bonds is 7. The summed E-state index contributed by atoms with van der Waals surface area (Å²) in [6, 6.07) is 17.7. The predicted molar refractivity (Wildman–Crippen MR) is 164 cm³/mol. The molecule has 38 heavy (non-hydrogen) atoms. The molecule has 1 aliphatic rings. The van der Waals surface area contributed by atoms with Gasteiger partial charge in [0.2, 0.25) is 0 Å². The molecule has 0 saturated heterocycles. The van der Waals surface area contributed by atoms with Crippen LogP contribution in [0.5, 0.6) is 5.75 Å². The molecule has 194 valence electrons. The molecule has 0 amide bonds. The lowest BCUT2D eigenvalue weighted by molar-refractivity contribution is -0.384. The van der Waals surface area contributed by atoms with E-state index >= 15 is 0 Å². The van der Waals surface area contributed by atoms with Gasteiger partial charge in [-0.15, -0.1) is 0 Å². The third-order valence-electron chi connectivity index (χ3n) is 6.62. The summed E-state index contributed by atoms with van der Waals surface area (Å²) in [6.07, 6.45) is 7.21. The van der Waals surface area contributed by atoms with Crippen LogP contribution in [0.4, 0.5) is 5.69 Å². The maximum Gasteiger partial charge on any atom is 0.282 e. The Kier molecular flexibility index (Phi) is 8.36. The molecular weight excluding hydrogens is 710 g/mol. The van der Waals surface area contributed by atoms with Crippen molar-refractivity contribution in [3.05, 3.63) is 105 Å². The highest BCUT2D eigenvalue weighted by Gasteiger charge is 2.22. The van der Waals surface area contributed by atoms with Gasteiger partial charge in [-0.25, -0.2) is 4.98 Å². The molecule has 0 spiro atoms. The maximum atomic E-state index is 13.4. The number of ether oxygens (including phenoxy) is 1. The van der Waals surface area contributed by atoms with Gasteiger partial charge >= 0.3 is 0 Å². The van der Waals surface area contributed by atoms with E-state index in [1.54, 1.807) is 24.4 Å². The van der Waals surface area contributed by atoms with Gasteiger partial charge in [0, 0.05) is 18.1 Å². The normalized spacial score (nSPS) is 14.3. The Labute approximate surface area is 246 Å². The minimum absolute atomic E-state index is 0.0499. The zero-order valence-electron chi connectivity index (χ0n) is 20.3. The molecule has 0 bridgehead atoms. The molecule has 0 unspecified atom stereocenters. The monoisotopic (exact) mass is 734 g/mol. The van der Waals surface area contributed by atoms with E-state index in [4.69, 9.17) is 9.72 Å². The fourth-order valence-electron chi connectivity index (χ4n) is 4.66. The van der Waals surface area contributed by atoms with Crippen LogP contribution in [0.15, 0.2) is 70.6 Å². The van der Waals surface area contributed by atoms with Crippen molar-refractivity contribution in [2.45, 2.75) is 44.6 Å². The maximum absolute atomic E-state index is 13.4. The van der Waals surface area contributed by atoms with Crippen molar-refractivity contribution in [2.75, 3.05) is 0 Å². The lowest BCUT2D eigenvalue weighted by Crippen LogP contribution is -2.25. The van der Waals surface area contributed by atoms with Crippen LogP contribution in [0.3, 0.4) is 0 Å². The predicted octanol–water partition coefficient (Wildman–Crippen LogP) is 7.02. The molecule has 1 aliphatic carbocycles. The number of nitro benzene ring substituents is 1. The molecule has 1 heterocycles. The summed E-state index contributed by atoms with van der Waals surface area (Å²) < 4.78 is 9.32. The van der Waals surface area contributed by atoms with E-state index in [1.165, 1.54) is 23.2 Å². The highest BCUT2D eigenvalue weighted by molar-refractivity contribution is 14.1. The molecule has 1 saturated carbocycles. The van der Waals surface area contributed by atoms with Crippen LogP contribution >= 0.6 is 45.2 Å². The van der Waals surface area contributed by atoms with E-state index in [1.807, 2.05) is 30.3 Å². The molecule has 0 aliphatic heterocycles. The summed E-state index contributed by atoms with van der Waals surface area (Å²) in [5, 5.41) is 16.1. The molecule has 1 fully saturated rings. The van der Waals surface area contributed by atoms with Gasteiger partial charge in [-0.3, -0.25) is 14.9 Å². The number of para-hydroxylation sites is 1. The van der Waals surface area contributed by atoms with E-state index in [0.717, 1.165) is 55.5 Å². The summed E-state index contributed by atoms with van der Waals surface area (Å²) in [5.74, 6) is 1.68. The molecule has 1 aromatic heterocycles. The van der Waals surface area contributed by atoms with Gasteiger partial charge in [0.25, 0.3) is 11.2 Å². The van der Waals surface area contributed by atoms with Crippen molar-refractivity contribution in [1.29, 1.82) is 0 Å². The first kappa shape index (κ1) is 26.7. The molecule has 0 N–H and O–H groups in total. The largest absolute Gasteiger partial charge is 0.487 e. The lowest BCUT2D eigenvalue weighted by Gasteiger charge is -2.22. The first-order chi connectivity index (χ1) is 18.4. The summed E-state index contributed by atoms with van der Waals surface area (Å²) in [4.78, 5) is 28.8. The average Bonchev–Trinajstić information content (AvgIpc) is 2.93. The van der Waals surface area contributed by atoms with Crippen molar-refractivity contribution in [2.24, 2.45) is 5.10 Å². The van der Waals surface area contributed by atoms with Crippen LogP contribution in [0.1, 0.15) is 55.0 Å². The fourth-order valence-corrected chi connectivity index (χ4v) is 6.79. The molecule has 4 aromatic rings. The first-order valence-corrected chi connectivity index (χ1v) is 14.5. The van der Waals surface area contributed by atoms with Crippen molar-refractivity contribution in [1.82, 2.24) is 9.66 Å². The fraction of sp³-hybridized carbons (Fsp3) is 0.250. The third-order valence-corrected chi connectivity index (χ3v) is 8.22. The van der Waals surface area contributed by atoms with Crippen LogP contribution in [0.25, 0.3) is 10.9 Å². The second kappa shape index (κ2) is 11.9. The SMILES string of the molecule is O=c1c2ccccc2nc(C2CCCCC2)n1N=Cc1cc(I)c(OCc2ccc([N+](=O)[O-])cc2)c(I)c1. The first-order valence-electron chi connectivity index (χ1n) is 12.3. The van der Waals surface area contributed by atoms with E-state index < -0.39 is 4.92 Å². The highest BCUT2D eigenvalue weighted by atomic mass is 127. The van der Waals surface area contributed by atoms with E-state index in [9.17, 15) is 14.9 Å². The number of nitrogens with zero attached hydrogens (tertiary/aromatic N) is 4. The Hall–Kier alpha value is -2.87. The Morgan fingerprint density at radius 2 is 1.74 bits per heavy atom. The van der Waals surface area contributed by atoms with Crippen LogP contribution in [0, 0.1) is 17.3 Å². The zero-order chi connectivity index (χ0) is 26.6. The molecule has 8 nitrogen and oxygen atoms in total. The summed E-state index contributed by atoms with van der Waals surface area (Å²) in [5.41, 5.74) is 2.29. The van der Waals surface area contributed by atoms with Crippen LogP contribution in [-0.2, 0) is 6.61 Å². The summed E-state index contributed by atoms with van der Waals surface area (Å²) >= 11 is 4.44. The molecule has 5 rings (SSSR count). The average molecular weight is 734 g/mol. The number of nitro groups is 1. The molecule has 0 radical (unpaired) electrons. The van der Waals surface area contributed by atoms with Crippen LogP contribution < -0.4 is 10.3 Å². The third kappa shape index (κ3) is 5.90. The van der Waals surface area contributed by atoms with Gasteiger partial charge < -0.3 is 4.74 Å². The van der Waals surface area contributed by atoms with Crippen molar-refractivity contribution < 1.29 is 9.66 Å². The zero-order valence-corrected chi connectivity index (χ0v) is 24.7. The van der Waals surface area contributed by atoms with Crippen LogP contribution in [-0.4, -0.2) is 20.8 Å². The number of halogens is 2. The van der Waals surface area contributed by atoms with Gasteiger partial charge in [0.05, 0.1) is 29.2 Å². The van der Waals surface area contributed by atoms with Gasteiger partial charge in [-0.05, 0) is 106 Å². The van der Waals surface area contributed by atoms with Gasteiger partial charge in [0.1, 0.15) is 18.2 Å². The standard InChI is InChI=1S/C28H24I2N4O4/c29-23-14-19(15-24(30)26(23)38-17-18-10-12-21(13-11-18)34(36)37)16-31-33-27(20-6-2-1-3-7-20)32-25-9-5-4-8-22(25)28(33)35/h4-5,8-16,20H,1-3,6-7,17H2. The smallest absolute Gasteiger partial charge is 0.282 e. The topological polar surface area (TPSA) is 99.6 Å². The molecular formula is C28H24I2N4O4. The Morgan fingerprint density at radius 1 is 1.05 bits per heavy atom. The molecule has 0 atom stereocenters. The minimum atomic E-state index is -0.420. The van der Waals surface area contributed by atoms with Gasteiger partial charge in [0.15, 0.2) is 0 Å². The van der Waals surface area contributed by atoms with Gasteiger partial charge in [-0.1, -0.05) is 31.4 Å². The van der Waals surface area contributed by atoms with E-state index in [2.05, 4.69) is 50.3 Å². The lowest BCUT2D eigenvalue weighted by atomic mass is 9.88. The Bertz CT molecular complexity index is 1560. The number of non-ortho nitro benzene ring substituents is 1. The minimum Gasteiger partial charge on any atom is -0.487 e. The number of fused-ring (bicyclic) bond motifs is 1.